The van der Waals surface area contributed by atoms with E-state index in [1.165, 1.54) is 30.5 Å². The molecule has 2 aromatic heterocycles. The number of nitriles is 1. The van der Waals surface area contributed by atoms with Crippen LogP contribution in [-0.4, -0.2) is 15.4 Å². The van der Waals surface area contributed by atoms with E-state index in [9.17, 15) is 14.4 Å². The molecular weight excluding hydrogens is 269 g/mol. The van der Waals surface area contributed by atoms with Crippen molar-refractivity contribution in [2.75, 3.05) is 0 Å². The Morgan fingerprint density at radius 1 is 1.24 bits per heavy atom. The van der Waals surface area contributed by atoms with Crippen LogP contribution in [0.3, 0.4) is 0 Å². The van der Waals surface area contributed by atoms with E-state index in [4.69, 9.17) is 0 Å². The number of ketones is 1. The summed E-state index contributed by atoms with van der Waals surface area (Å²) < 4.78 is 14.5. The summed E-state index contributed by atoms with van der Waals surface area (Å²) in [6, 6.07) is 12.7. The molecule has 1 unspecified atom stereocenters. The average molecular weight is 279 g/mol. The van der Waals surface area contributed by atoms with Crippen LogP contribution in [0.25, 0.3) is 5.52 Å². The molecule has 5 heteroatoms. The summed E-state index contributed by atoms with van der Waals surface area (Å²) >= 11 is 0. The van der Waals surface area contributed by atoms with Gasteiger partial charge in [-0.15, -0.1) is 0 Å². The van der Waals surface area contributed by atoms with Gasteiger partial charge >= 0.3 is 0 Å². The van der Waals surface area contributed by atoms with Crippen molar-refractivity contribution in [2.45, 2.75) is 5.92 Å². The van der Waals surface area contributed by atoms with Crippen LogP contribution in [0.15, 0.2) is 54.9 Å². The molecule has 0 aliphatic heterocycles. The Labute approximate surface area is 120 Å². The Morgan fingerprint density at radius 3 is 2.71 bits per heavy atom. The molecule has 0 saturated heterocycles. The smallest absolute Gasteiger partial charge is 0.188 e. The van der Waals surface area contributed by atoms with Gasteiger partial charge < -0.3 is 0 Å². The molecule has 1 atom stereocenters. The Kier molecular flexibility index (Phi) is 3.20. The Balaban J connectivity index is 2.03. The first-order chi connectivity index (χ1) is 10.2. The molecule has 3 rings (SSSR count). The lowest BCUT2D eigenvalue weighted by Gasteiger charge is -2.07. The fourth-order valence-corrected chi connectivity index (χ4v) is 2.22. The molecule has 3 aromatic rings. The van der Waals surface area contributed by atoms with Crippen molar-refractivity contribution in [2.24, 2.45) is 0 Å². The van der Waals surface area contributed by atoms with Crippen molar-refractivity contribution < 1.29 is 9.18 Å². The number of hydrogen-bond acceptors (Lipinski definition) is 3. The van der Waals surface area contributed by atoms with Crippen LogP contribution in [0.5, 0.6) is 0 Å². The lowest BCUT2D eigenvalue weighted by Crippen LogP contribution is -2.11. The third-order valence-electron chi connectivity index (χ3n) is 3.29. The molecule has 2 heterocycles. The molecular formula is C16H10FN3O. The number of fused-ring (bicyclic) bond motifs is 1. The third kappa shape index (κ3) is 2.28. The summed E-state index contributed by atoms with van der Waals surface area (Å²) in [5.74, 6) is -1.72. The number of Topliss-reactive ketones (excluding diaryl/α,β-unsaturated/α-hetero) is 1. The highest BCUT2D eigenvalue weighted by molar-refractivity contribution is 6.07. The highest BCUT2D eigenvalue weighted by atomic mass is 19.1. The molecule has 0 N–H and O–H groups in total. The molecule has 0 amide bonds. The molecule has 0 radical (unpaired) electrons. The van der Waals surface area contributed by atoms with Crippen molar-refractivity contribution in [1.82, 2.24) is 9.61 Å². The van der Waals surface area contributed by atoms with E-state index in [0.29, 0.717) is 16.6 Å². The minimum Gasteiger partial charge on any atom is -0.292 e. The second kappa shape index (κ2) is 5.17. The van der Waals surface area contributed by atoms with Gasteiger partial charge in [0.1, 0.15) is 11.7 Å². The highest BCUT2D eigenvalue weighted by Crippen LogP contribution is 2.23. The van der Waals surface area contributed by atoms with E-state index < -0.39 is 11.7 Å². The van der Waals surface area contributed by atoms with Crippen LogP contribution in [0.2, 0.25) is 0 Å². The van der Waals surface area contributed by atoms with Gasteiger partial charge in [-0.25, -0.2) is 8.91 Å². The zero-order chi connectivity index (χ0) is 14.8. The lowest BCUT2D eigenvalue weighted by atomic mass is 9.92. The number of carbonyl (C=O) groups is 1. The molecule has 0 saturated carbocycles. The van der Waals surface area contributed by atoms with E-state index in [2.05, 4.69) is 5.10 Å². The van der Waals surface area contributed by atoms with Crippen LogP contribution in [-0.2, 0) is 0 Å². The molecule has 1 aromatic carbocycles. The number of pyridine rings is 1. The van der Waals surface area contributed by atoms with Crippen LogP contribution in [0.1, 0.15) is 21.8 Å². The molecule has 102 valence electrons. The van der Waals surface area contributed by atoms with E-state index in [1.54, 1.807) is 28.9 Å². The molecule has 21 heavy (non-hydrogen) atoms. The number of aromatic nitrogens is 2. The fraction of sp³-hybridized carbons (Fsp3) is 0.0625. The van der Waals surface area contributed by atoms with Crippen LogP contribution in [0, 0.1) is 17.1 Å². The van der Waals surface area contributed by atoms with Gasteiger partial charge in [-0.3, -0.25) is 4.79 Å². The highest BCUT2D eigenvalue weighted by Gasteiger charge is 2.24. The van der Waals surface area contributed by atoms with Crippen molar-refractivity contribution in [3.63, 3.8) is 0 Å². The summed E-state index contributed by atoms with van der Waals surface area (Å²) in [6.07, 6.45) is 3.18. The van der Waals surface area contributed by atoms with E-state index >= 15 is 0 Å². The maximum Gasteiger partial charge on any atom is 0.188 e. The summed E-state index contributed by atoms with van der Waals surface area (Å²) in [5.41, 5.74) is 1.50. The van der Waals surface area contributed by atoms with Crippen molar-refractivity contribution in [3.8, 4) is 6.07 Å². The predicted molar refractivity (Wildman–Crippen MR) is 74.3 cm³/mol. The van der Waals surface area contributed by atoms with Gasteiger partial charge in [-0.1, -0.05) is 18.2 Å². The first kappa shape index (κ1) is 13.0. The number of carbonyl (C=O) groups excluding carboxylic acids is 1. The Bertz CT molecular complexity index is 846. The quantitative estimate of drug-likeness (QED) is 0.692. The number of nitrogens with zero attached hydrogens (tertiary/aromatic N) is 3. The first-order valence-electron chi connectivity index (χ1n) is 6.32. The Hall–Kier alpha value is -3.00. The number of rotatable bonds is 3. The topological polar surface area (TPSA) is 58.2 Å². The van der Waals surface area contributed by atoms with Gasteiger partial charge in [0.15, 0.2) is 5.78 Å². The maximum atomic E-state index is 13.0. The second-order valence-corrected chi connectivity index (χ2v) is 4.57. The Morgan fingerprint density at radius 2 is 2.00 bits per heavy atom. The van der Waals surface area contributed by atoms with Gasteiger partial charge in [0.2, 0.25) is 0 Å². The monoisotopic (exact) mass is 279 g/mol. The number of benzene rings is 1. The van der Waals surface area contributed by atoms with Gasteiger partial charge in [0, 0.05) is 6.20 Å². The largest absolute Gasteiger partial charge is 0.292 e. The van der Waals surface area contributed by atoms with E-state index in [-0.39, 0.29) is 5.78 Å². The maximum absolute atomic E-state index is 13.0. The summed E-state index contributed by atoms with van der Waals surface area (Å²) in [5, 5.41) is 13.4. The summed E-state index contributed by atoms with van der Waals surface area (Å²) in [6.45, 7) is 0. The summed E-state index contributed by atoms with van der Waals surface area (Å²) in [7, 11) is 0. The predicted octanol–water partition coefficient (Wildman–Crippen LogP) is 2.96. The zero-order valence-corrected chi connectivity index (χ0v) is 10.9. The third-order valence-corrected chi connectivity index (χ3v) is 3.29. The van der Waals surface area contributed by atoms with Crippen LogP contribution in [0.4, 0.5) is 4.39 Å². The van der Waals surface area contributed by atoms with Gasteiger partial charge in [0.05, 0.1) is 23.3 Å². The molecule has 0 bridgehead atoms. The molecule has 0 aliphatic carbocycles. The minimum absolute atomic E-state index is 0.342. The van der Waals surface area contributed by atoms with Crippen molar-refractivity contribution in [1.29, 1.82) is 5.26 Å². The van der Waals surface area contributed by atoms with Crippen LogP contribution < -0.4 is 0 Å². The van der Waals surface area contributed by atoms with Crippen molar-refractivity contribution in [3.05, 3.63) is 71.8 Å². The minimum atomic E-state index is -0.973. The van der Waals surface area contributed by atoms with Crippen LogP contribution >= 0.6 is 0 Å². The standard InChI is InChI=1S/C16H10FN3O/c17-12-6-4-11(5-7-12)13(9-18)16(21)14-10-19-20-8-2-1-3-15(14)20/h1-8,10,13H. The fourth-order valence-electron chi connectivity index (χ4n) is 2.22. The van der Waals surface area contributed by atoms with E-state index in [0.717, 1.165) is 0 Å². The van der Waals surface area contributed by atoms with Gasteiger partial charge in [0.25, 0.3) is 0 Å². The first-order valence-corrected chi connectivity index (χ1v) is 6.32. The second-order valence-electron chi connectivity index (χ2n) is 4.57. The summed E-state index contributed by atoms with van der Waals surface area (Å²) in [4.78, 5) is 12.6. The SMILES string of the molecule is N#CC(C(=O)c1cnn2ccccc12)c1ccc(F)cc1. The lowest BCUT2D eigenvalue weighted by molar-refractivity contribution is 0.0980. The van der Waals surface area contributed by atoms with E-state index in [1.807, 2.05) is 6.07 Å². The average Bonchev–Trinajstić information content (AvgIpc) is 2.94. The molecule has 4 nitrogen and oxygen atoms in total. The van der Waals surface area contributed by atoms with Crippen molar-refractivity contribution >= 4 is 11.3 Å². The normalized spacial score (nSPS) is 12.0. The zero-order valence-electron chi connectivity index (χ0n) is 10.9. The molecule has 0 aliphatic rings. The van der Waals surface area contributed by atoms with Gasteiger partial charge in [-0.05, 0) is 29.8 Å². The molecule has 0 spiro atoms. The van der Waals surface area contributed by atoms with Gasteiger partial charge in [-0.2, -0.15) is 10.4 Å². The number of hydrogen-bond donors (Lipinski definition) is 0. The molecule has 0 fully saturated rings. The number of halogens is 1.